The molecule has 2 aliphatic rings. The molecule has 1 saturated heterocycles. The van der Waals surface area contributed by atoms with Gasteiger partial charge in [0.2, 0.25) is 5.95 Å². The maximum absolute atomic E-state index is 13.4. The number of piperazine rings is 1. The second-order valence-electron chi connectivity index (χ2n) is 9.59. The molecule has 1 N–H and O–H groups in total. The Balaban J connectivity index is 1.42. The van der Waals surface area contributed by atoms with Crippen LogP contribution in [0.5, 0.6) is 0 Å². The number of rotatable bonds is 6. The van der Waals surface area contributed by atoms with E-state index in [-0.39, 0.29) is 22.9 Å². The van der Waals surface area contributed by atoms with Gasteiger partial charge in [0, 0.05) is 43.8 Å². The molecule has 4 heterocycles. The van der Waals surface area contributed by atoms with Gasteiger partial charge in [0.25, 0.3) is 5.56 Å². The molecule has 3 aromatic heterocycles. The second kappa shape index (κ2) is 10.1. The number of fused-ring (bicyclic) bond motifs is 1. The van der Waals surface area contributed by atoms with Crippen LogP contribution in [0.2, 0.25) is 0 Å². The first kappa shape index (κ1) is 23.9. The summed E-state index contributed by atoms with van der Waals surface area (Å²) in [7, 11) is 0. The molecular formula is C27H31N7O2. The second-order valence-corrected chi connectivity index (χ2v) is 9.59. The number of carbonyl (C=O) groups is 1. The fourth-order valence-electron chi connectivity index (χ4n) is 5.36. The molecule has 5 rings (SSSR count). The predicted molar refractivity (Wildman–Crippen MR) is 141 cm³/mol. The van der Waals surface area contributed by atoms with Crippen LogP contribution in [0.4, 0.5) is 17.5 Å². The Kier molecular flexibility index (Phi) is 6.70. The molecule has 1 aliphatic carbocycles. The van der Waals surface area contributed by atoms with Crippen LogP contribution in [0.15, 0.2) is 29.3 Å². The van der Waals surface area contributed by atoms with Gasteiger partial charge in [-0.25, -0.2) is 9.97 Å². The zero-order valence-electron chi connectivity index (χ0n) is 20.8. The first-order valence-corrected chi connectivity index (χ1v) is 12.5. The smallest absolute Gasteiger partial charge is 0.263 e. The van der Waals surface area contributed by atoms with E-state index in [4.69, 9.17) is 11.4 Å². The van der Waals surface area contributed by atoms with Crippen LogP contribution < -0.4 is 15.8 Å². The molecule has 9 heteroatoms. The van der Waals surface area contributed by atoms with E-state index < -0.39 is 0 Å². The minimum Gasteiger partial charge on any atom is -0.368 e. The van der Waals surface area contributed by atoms with Crippen molar-refractivity contribution in [2.24, 2.45) is 0 Å². The number of pyridine rings is 2. The highest BCUT2D eigenvalue weighted by Crippen LogP contribution is 2.32. The molecule has 1 aliphatic heterocycles. The van der Waals surface area contributed by atoms with Gasteiger partial charge in [-0.3, -0.25) is 19.1 Å². The highest BCUT2D eigenvalue weighted by atomic mass is 16.1. The molecule has 0 amide bonds. The topological polar surface area (TPSA) is 96.2 Å². The molecule has 0 aromatic carbocycles. The standard InChI is InChI=1S/C27H31N7O2/c1-4-11-32-12-14-33(15-13-32)21-9-10-23(28-16-21)30-27-29-17-22-18(2)24(19(3)35)26(36)34(25(22)31-27)20-7-5-6-8-20/h1,9-10,16-17,20H,5-8,11-15H2,2-3H3,(H,28,29,30,31). The minimum atomic E-state index is -0.256. The van der Waals surface area contributed by atoms with Gasteiger partial charge >= 0.3 is 0 Å². The third-order valence-electron chi connectivity index (χ3n) is 7.29. The molecule has 9 nitrogen and oxygen atoms in total. The van der Waals surface area contributed by atoms with Crippen LogP contribution in [0.1, 0.15) is 54.6 Å². The van der Waals surface area contributed by atoms with Gasteiger partial charge in [-0.1, -0.05) is 18.8 Å². The van der Waals surface area contributed by atoms with Crippen molar-refractivity contribution in [3.63, 3.8) is 0 Å². The predicted octanol–water partition coefficient (Wildman–Crippen LogP) is 3.31. The third kappa shape index (κ3) is 4.56. The highest BCUT2D eigenvalue weighted by molar-refractivity contribution is 5.99. The number of hydrogen-bond acceptors (Lipinski definition) is 8. The van der Waals surface area contributed by atoms with Crippen molar-refractivity contribution in [1.29, 1.82) is 0 Å². The minimum absolute atomic E-state index is 0.0416. The molecule has 3 aromatic rings. The molecule has 0 atom stereocenters. The number of ketones is 1. The summed E-state index contributed by atoms with van der Waals surface area (Å²) in [4.78, 5) is 44.0. The van der Waals surface area contributed by atoms with E-state index in [9.17, 15) is 9.59 Å². The summed E-state index contributed by atoms with van der Waals surface area (Å²) in [6.45, 7) is 7.60. The number of Topliss-reactive ketones (excluding diaryl/α,β-unsaturated/α-hetero) is 1. The highest BCUT2D eigenvalue weighted by Gasteiger charge is 2.26. The number of hydrogen-bond donors (Lipinski definition) is 1. The zero-order valence-corrected chi connectivity index (χ0v) is 20.8. The van der Waals surface area contributed by atoms with Crippen molar-refractivity contribution < 1.29 is 4.79 Å². The summed E-state index contributed by atoms with van der Waals surface area (Å²) in [5.41, 5.74) is 2.23. The summed E-state index contributed by atoms with van der Waals surface area (Å²) in [5.74, 6) is 3.47. The number of nitrogens with one attached hydrogen (secondary N) is 1. The summed E-state index contributed by atoms with van der Waals surface area (Å²) in [5, 5.41) is 3.91. The van der Waals surface area contributed by atoms with Gasteiger partial charge in [0.05, 0.1) is 24.0 Å². The number of anilines is 3. The Hall–Kier alpha value is -3.77. The normalized spacial score (nSPS) is 16.9. The van der Waals surface area contributed by atoms with Crippen LogP contribution >= 0.6 is 0 Å². The van der Waals surface area contributed by atoms with Gasteiger partial charge in [-0.15, -0.1) is 6.42 Å². The summed E-state index contributed by atoms with van der Waals surface area (Å²) >= 11 is 0. The average Bonchev–Trinajstić information content (AvgIpc) is 3.39. The first-order chi connectivity index (χ1) is 17.5. The molecule has 2 fully saturated rings. The Morgan fingerprint density at radius 1 is 1.14 bits per heavy atom. The average molecular weight is 486 g/mol. The summed E-state index contributed by atoms with van der Waals surface area (Å²) in [6.07, 6.45) is 12.9. The lowest BCUT2D eigenvalue weighted by Gasteiger charge is -2.35. The largest absolute Gasteiger partial charge is 0.368 e. The number of aryl methyl sites for hydroxylation is 1. The number of nitrogens with zero attached hydrogens (tertiary/aromatic N) is 6. The van der Waals surface area contributed by atoms with Crippen molar-refractivity contribution in [2.75, 3.05) is 42.9 Å². The maximum atomic E-state index is 13.4. The Bertz CT molecular complexity index is 1380. The van der Waals surface area contributed by atoms with Gasteiger partial charge in [-0.05, 0) is 44.4 Å². The fourth-order valence-corrected chi connectivity index (χ4v) is 5.36. The Morgan fingerprint density at radius 3 is 2.53 bits per heavy atom. The number of terminal acetylenes is 1. The first-order valence-electron chi connectivity index (χ1n) is 12.5. The lowest BCUT2D eigenvalue weighted by Crippen LogP contribution is -2.46. The van der Waals surface area contributed by atoms with Crippen LogP contribution in [0, 0.1) is 19.3 Å². The van der Waals surface area contributed by atoms with Crippen molar-refractivity contribution in [3.05, 3.63) is 46.0 Å². The van der Waals surface area contributed by atoms with Crippen LogP contribution in [-0.4, -0.2) is 62.9 Å². The monoisotopic (exact) mass is 485 g/mol. The SMILES string of the molecule is C#CCN1CCN(c2ccc(Nc3ncc4c(C)c(C(C)=O)c(=O)n(C5CCCC5)c4n3)nc2)CC1. The molecule has 1 saturated carbocycles. The van der Waals surface area contributed by atoms with Gasteiger partial charge in [-0.2, -0.15) is 4.98 Å². The molecule has 186 valence electrons. The van der Waals surface area contributed by atoms with Crippen LogP contribution in [-0.2, 0) is 0 Å². The third-order valence-corrected chi connectivity index (χ3v) is 7.29. The van der Waals surface area contributed by atoms with Crippen LogP contribution in [0.3, 0.4) is 0 Å². The molecule has 0 spiro atoms. The fraction of sp³-hybridized carbons (Fsp3) is 0.444. The molecule has 0 unspecified atom stereocenters. The maximum Gasteiger partial charge on any atom is 0.263 e. The lowest BCUT2D eigenvalue weighted by atomic mass is 10.0. The number of aromatic nitrogens is 4. The molecular weight excluding hydrogens is 454 g/mol. The van der Waals surface area contributed by atoms with E-state index in [0.717, 1.165) is 62.9 Å². The Labute approximate surface area is 210 Å². The van der Waals surface area contributed by atoms with E-state index in [1.807, 2.05) is 18.3 Å². The van der Waals surface area contributed by atoms with Crippen molar-refractivity contribution in [2.45, 2.75) is 45.6 Å². The molecule has 0 radical (unpaired) electrons. The summed E-state index contributed by atoms with van der Waals surface area (Å²) < 4.78 is 1.72. The zero-order chi connectivity index (χ0) is 25.2. The summed E-state index contributed by atoms with van der Waals surface area (Å²) in [6, 6.07) is 3.98. The van der Waals surface area contributed by atoms with Gasteiger partial charge in [0.1, 0.15) is 11.5 Å². The van der Waals surface area contributed by atoms with E-state index in [2.05, 4.69) is 31.0 Å². The van der Waals surface area contributed by atoms with Crippen LogP contribution in [0.25, 0.3) is 11.0 Å². The number of carbonyl (C=O) groups excluding carboxylic acids is 1. The quantitative estimate of drug-likeness (QED) is 0.420. The van der Waals surface area contributed by atoms with Crippen molar-refractivity contribution in [3.8, 4) is 12.3 Å². The van der Waals surface area contributed by atoms with Crippen molar-refractivity contribution >= 4 is 34.3 Å². The van der Waals surface area contributed by atoms with Gasteiger partial charge in [0.15, 0.2) is 5.78 Å². The van der Waals surface area contributed by atoms with Crippen molar-refractivity contribution in [1.82, 2.24) is 24.4 Å². The van der Waals surface area contributed by atoms with E-state index in [1.165, 1.54) is 6.92 Å². The molecule has 0 bridgehead atoms. The lowest BCUT2D eigenvalue weighted by molar-refractivity contribution is 0.101. The van der Waals surface area contributed by atoms with E-state index >= 15 is 0 Å². The van der Waals surface area contributed by atoms with Gasteiger partial charge < -0.3 is 10.2 Å². The van der Waals surface area contributed by atoms with E-state index in [1.54, 1.807) is 17.7 Å². The van der Waals surface area contributed by atoms with E-state index in [0.29, 0.717) is 29.5 Å². The Morgan fingerprint density at radius 2 is 1.89 bits per heavy atom. The molecule has 36 heavy (non-hydrogen) atoms.